The molecule has 3 aromatic rings. The Balaban J connectivity index is 1.86. The average molecular weight is 367 g/mol. The van der Waals surface area contributed by atoms with Crippen molar-refractivity contribution >= 4 is 17.4 Å². The first kappa shape index (κ1) is 19.1. The lowest BCUT2D eigenvalue weighted by molar-refractivity contribution is -0.116. The third kappa shape index (κ3) is 4.73. The second kappa shape index (κ2) is 8.80. The summed E-state index contributed by atoms with van der Waals surface area (Å²) in [6.45, 7) is 4.16. The van der Waals surface area contributed by atoms with Gasteiger partial charge in [0.25, 0.3) is 0 Å². The summed E-state index contributed by atoms with van der Waals surface area (Å²) in [6, 6.07) is 10.2. The lowest BCUT2D eigenvalue weighted by atomic mass is 10.1. The quantitative estimate of drug-likeness (QED) is 0.515. The number of carbonyl (C=O) groups is 1. The second-order valence-electron chi connectivity index (χ2n) is 6.96. The van der Waals surface area contributed by atoms with Crippen LogP contribution in [0.1, 0.15) is 51.0 Å². The Labute approximate surface area is 159 Å². The standard InChI is InChI=1S/C22H26FN3O/c1-3-4-5-6-7-11-20(27)25-22-21(17-9-8-10-18(23)15-17)24-19-14-16(2)12-13-26(19)22/h8-10,12-15H,3-7,11H2,1-2H3,(H,25,27). The van der Waals surface area contributed by atoms with Crippen molar-refractivity contribution in [3.05, 3.63) is 54.0 Å². The lowest BCUT2D eigenvalue weighted by Gasteiger charge is -2.08. The van der Waals surface area contributed by atoms with E-state index in [0.717, 1.165) is 30.5 Å². The van der Waals surface area contributed by atoms with E-state index in [1.165, 1.54) is 25.0 Å². The zero-order chi connectivity index (χ0) is 19.2. The highest BCUT2D eigenvalue weighted by molar-refractivity contribution is 5.94. The summed E-state index contributed by atoms with van der Waals surface area (Å²) in [4.78, 5) is 17.1. The Bertz CT molecular complexity index is 932. The number of anilines is 1. The van der Waals surface area contributed by atoms with Crippen molar-refractivity contribution in [1.82, 2.24) is 9.38 Å². The number of benzene rings is 1. The lowest BCUT2D eigenvalue weighted by Crippen LogP contribution is -2.13. The van der Waals surface area contributed by atoms with Crippen LogP contribution in [0.5, 0.6) is 0 Å². The molecule has 27 heavy (non-hydrogen) atoms. The molecule has 0 unspecified atom stereocenters. The molecule has 1 aromatic carbocycles. The van der Waals surface area contributed by atoms with Gasteiger partial charge in [-0.1, -0.05) is 44.7 Å². The molecule has 0 atom stereocenters. The van der Waals surface area contributed by atoms with Gasteiger partial charge in [0.1, 0.15) is 23.0 Å². The predicted octanol–water partition coefficient (Wildman–Crippen LogP) is 5.75. The third-order valence-electron chi connectivity index (χ3n) is 4.64. The number of nitrogens with zero attached hydrogens (tertiary/aromatic N) is 2. The van der Waals surface area contributed by atoms with Crippen molar-refractivity contribution in [2.24, 2.45) is 0 Å². The van der Waals surface area contributed by atoms with Gasteiger partial charge in [-0.05, 0) is 43.2 Å². The molecule has 0 fully saturated rings. The van der Waals surface area contributed by atoms with E-state index < -0.39 is 0 Å². The van der Waals surface area contributed by atoms with E-state index in [-0.39, 0.29) is 11.7 Å². The number of halogens is 1. The van der Waals surface area contributed by atoms with Gasteiger partial charge in [0, 0.05) is 18.2 Å². The van der Waals surface area contributed by atoms with Gasteiger partial charge >= 0.3 is 0 Å². The largest absolute Gasteiger partial charge is 0.310 e. The maximum Gasteiger partial charge on any atom is 0.225 e. The van der Waals surface area contributed by atoms with Crippen LogP contribution in [-0.4, -0.2) is 15.3 Å². The molecule has 0 aliphatic carbocycles. The number of imidazole rings is 1. The summed E-state index contributed by atoms with van der Waals surface area (Å²) >= 11 is 0. The van der Waals surface area contributed by atoms with Crippen LogP contribution in [0.25, 0.3) is 16.9 Å². The van der Waals surface area contributed by atoms with Crippen LogP contribution in [0.15, 0.2) is 42.6 Å². The monoisotopic (exact) mass is 367 g/mol. The van der Waals surface area contributed by atoms with Crippen LogP contribution in [0.4, 0.5) is 10.2 Å². The van der Waals surface area contributed by atoms with E-state index >= 15 is 0 Å². The average Bonchev–Trinajstić information content (AvgIpc) is 2.99. The van der Waals surface area contributed by atoms with Gasteiger partial charge in [0.2, 0.25) is 5.91 Å². The maximum atomic E-state index is 13.7. The smallest absolute Gasteiger partial charge is 0.225 e. The molecular formula is C22H26FN3O. The molecule has 0 spiro atoms. The minimum Gasteiger partial charge on any atom is -0.310 e. The normalized spacial score (nSPS) is 11.1. The fraction of sp³-hybridized carbons (Fsp3) is 0.364. The molecule has 1 amide bonds. The molecule has 3 rings (SSSR count). The summed E-state index contributed by atoms with van der Waals surface area (Å²) in [5.41, 5.74) is 3.04. The summed E-state index contributed by atoms with van der Waals surface area (Å²) in [7, 11) is 0. The van der Waals surface area contributed by atoms with E-state index in [4.69, 9.17) is 0 Å². The Hall–Kier alpha value is -2.69. The Kier molecular flexibility index (Phi) is 6.22. The van der Waals surface area contributed by atoms with Gasteiger partial charge in [-0.25, -0.2) is 9.37 Å². The van der Waals surface area contributed by atoms with Crippen molar-refractivity contribution < 1.29 is 9.18 Å². The number of hydrogen-bond donors (Lipinski definition) is 1. The highest BCUT2D eigenvalue weighted by atomic mass is 19.1. The highest BCUT2D eigenvalue weighted by Gasteiger charge is 2.17. The Morgan fingerprint density at radius 1 is 1.15 bits per heavy atom. The Morgan fingerprint density at radius 3 is 2.74 bits per heavy atom. The number of aromatic nitrogens is 2. The molecule has 4 nitrogen and oxygen atoms in total. The maximum absolute atomic E-state index is 13.7. The topological polar surface area (TPSA) is 46.4 Å². The molecule has 0 aliphatic rings. The van der Waals surface area contributed by atoms with E-state index in [2.05, 4.69) is 17.2 Å². The molecule has 0 aliphatic heterocycles. The SMILES string of the molecule is CCCCCCCC(=O)Nc1c(-c2cccc(F)c2)nc2cc(C)ccn12. The molecule has 142 valence electrons. The molecule has 0 saturated heterocycles. The van der Waals surface area contributed by atoms with Gasteiger partial charge in [0.15, 0.2) is 0 Å². The molecule has 2 aromatic heterocycles. The van der Waals surface area contributed by atoms with Crippen molar-refractivity contribution in [3.63, 3.8) is 0 Å². The Morgan fingerprint density at radius 2 is 1.96 bits per heavy atom. The number of rotatable bonds is 8. The van der Waals surface area contributed by atoms with E-state index in [9.17, 15) is 9.18 Å². The number of aryl methyl sites for hydroxylation is 1. The van der Waals surface area contributed by atoms with Gasteiger partial charge in [0.05, 0.1) is 0 Å². The number of carbonyl (C=O) groups excluding carboxylic acids is 1. The zero-order valence-electron chi connectivity index (χ0n) is 16.0. The molecule has 0 bridgehead atoms. The zero-order valence-corrected chi connectivity index (χ0v) is 16.0. The second-order valence-corrected chi connectivity index (χ2v) is 6.96. The first-order chi connectivity index (χ1) is 13.1. The van der Waals surface area contributed by atoms with Crippen molar-refractivity contribution in [2.75, 3.05) is 5.32 Å². The van der Waals surface area contributed by atoms with Gasteiger partial charge in [-0.3, -0.25) is 9.20 Å². The summed E-state index contributed by atoms with van der Waals surface area (Å²) in [5, 5.41) is 3.00. The van der Waals surface area contributed by atoms with Crippen LogP contribution >= 0.6 is 0 Å². The van der Waals surface area contributed by atoms with E-state index in [0.29, 0.717) is 23.5 Å². The molecule has 1 N–H and O–H groups in total. The fourth-order valence-electron chi connectivity index (χ4n) is 3.19. The van der Waals surface area contributed by atoms with Gasteiger partial charge in [-0.2, -0.15) is 0 Å². The van der Waals surface area contributed by atoms with Crippen LogP contribution in [0, 0.1) is 12.7 Å². The summed E-state index contributed by atoms with van der Waals surface area (Å²) < 4.78 is 15.6. The summed E-state index contributed by atoms with van der Waals surface area (Å²) in [6.07, 6.45) is 7.85. The van der Waals surface area contributed by atoms with E-state index in [1.807, 2.05) is 29.7 Å². The van der Waals surface area contributed by atoms with Crippen molar-refractivity contribution in [2.45, 2.75) is 52.4 Å². The predicted molar refractivity (Wildman–Crippen MR) is 107 cm³/mol. The van der Waals surface area contributed by atoms with Crippen LogP contribution < -0.4 is 5.32 Å². The number of pyridine rings is 1. The van der Waals surface area contributed by atoms with Gasteiger partial charge < -0.3 is 5.32 Å². The fourth-order valence-corrected chi connectivity index (χ4v) is 3.19. The molecule has 5 heteroatoms. The molecular weight excluding hydrogens is 341 g/mol. The minimum atomic E-state index is -0.325. The summed E-state index contributed by atoms with van der Waals surface area (Å²) in [5.74, 6) is 0.231. The highest BCUT2D eigenvalue weighted by Crippen LogP contribution is 2.29. The molecule has 0 saturated carbocycles. The first-order valence-corrected chi connectivity index (χ1v) is 9.63. The van der Waals surface area contributed by atoms with E-state index in [1.54, 1.807) is 12.1 Å². The third-order valence-corrected chi connectivity index (χ3v) is 4.64. The van der Waals surface area contributed by atoms with Gasteiger partial charge in [-0.15, -0.1) is 0 Å². The molecule has 2 heterocycles. The number of amides is 1. The van der Waals surface area contributed by atoms with Crippen LogP contribution in [-0.2, 0) is 4.79 Å². The van der Waals surface area contributed by atoms with Crippen LogP contribution in [0.3, 0.4) is 0 Å². The minimum absolute atomic E-state index is 0.0356. The molecule has 0 radical (unpaired) electrons. The number of unbranched alkanes of at least 4 members (excludes halogenated alkanes) is 4. The van der Waals surface area contributed by atoms with Crippen LogP contribution in [0.2, 0.25) is 0 Å². The first-order valence-electron chi connectivity index (χ1n) is 9.63. The van der Waals surface area contributed by atoms with Crippen molar-refractivity contribution in [3.8, 4) is 11.3 Å². The number of hydrogen-bond acceptors (Lipinski definition) is 2. The van der Waals surface area contributed by atoms with Crippen molar-refractivity contribution in [1.29, 1.82) is 0 Å². The number of nitrogens with one attached hydrogen (secondary N) is 1. The number of fused-ring (bicyclic) bond motifs is 1.